The van der Waals surface area contributed by atoms with E-state index in [0.29, 0.717) is 12.1 Å². The third kappa shape index (κ3) is 5.89. The van der Waals surface area contributed by atoms with Gasteiger partial charge in [-0.05, 0) is 49.2 Å². The van der Waals surface area contributed by atoms with Crippen LogP contribution >= 0.6 is 23.7 Å². The fourth-order valence-corrected chi connectivity index (χ4v) is 6.20. The number of amides is 1. The summed E-state index contributed by atoms with van der Waals surface area (Å²) in [5.74, 6) is -0.234. The zero-order chi connectivity index (χ0) is 23.6. The molecule has 1 aromatic heterocycles. The third-order valence-corrected chi connectivity index (χ3v) is 8.81. The molecule has 2 aromatic carbocycles. The summed E-state index contributed by atoms with van der Waals surface area (Å²) in [5, 5.41) is 3.99. The van der Waals surface area contributed by atoms with Crippen molar-refractivity contribution < 1.29 is 13.2 Å². The SMILES string of the molecule is CCS(=O)(=O)c1cccc(C(=O)NCCN2CCN(c3nc4c(C)cc(C)cc4s3)CC2)c1.Cl. The molecule has 1 N–H and O–H groups in total. The minimum Gasteiger partial charge on any atom is -0.351 e. The highest BCUT2D eigenvalue weighted by atomic mass is 35.5. The van der Waals surface area contributed by atoms with Crippen LogP contribution in [-0.4, -0.2) is 69.2 Å². The molecule has 1 amide bonds. The molecule has 7 nitrogen and oxygen atoms in total. The minimum absolute atomic E-state index is 0. The number of anilines is 1. The Balaban J connectivity index is 0.00000324. The molecule has 34 heavy (non-hydrogen) atoms. The van der Waals surface area contributed by atoms with Crippen LogP contribution in [0, 0.1) is 13.8 Å². The van der Waals surface area contributed by atoms with Crippen molar-refractivity contribution in [2.45, 2.75) is 25.7 Å². The van der Waals surface area contributed by atoms with Gasteiger partial charge in [0.1, 0.15) is 0 Å². The Morgan fingerprint density at radius 1 is 1.12 bits per heavy atom. The smallest absolute Gasteiger partial charge is 0.251 e. The maximum Gasteiger partial charge on any atom is 0.251 e. The van der Waals surface area contributed by atoms with E-state index in [1.54, 1.807) is 30.4 Å². The van der Waals surface area contributed by atoms with Gasteiger partial charge in [0.25, 0.3) is 5.91 Å². The van der Waals surface area contributed by atoms with Gasteiger partial charge >= 0.3 is 0 Å². The molecule has 2 heterocycles. The zero-order valence-electron chi connectivity index (χ0n) is 19.7. The van der Waals surface area contributed by atoms with Crippen molar-refractivity contribution in [3.05, 3.63) is 53.1 Å². The number of fused-ring (bicyclic) bond motifs is 1. The molecule has 0 bridgehead atoms. The molecular formula is C24H31ClN4O3S2. The second kappa shape index (κ2) is 11.0. The first-order valence-corrected chi connectivity index (χ1v) is 13.7. The molecule has 1 aliphatic rings. The van der Waals surface area contributed by atoms with E-state index in [-0.39, 0.29) is 29.0 Å². The quantitative estimate of drug-likeness (QED) is 0.509. The highest BCUT2D eigenvalue weighted by Gasteiger charge is 2.20. The van der Waals surface area contributed by atoms with Gasteiger partial charge in [0.15, 0.2) is 15.0 Å². The molecule has 0 unspecified atom stereocenters. The van der Waals surface area contributed by atoms with Gasteiger partial charge in [0.05, 0.1) is 20.9 Å². The van der Waals surface area contributed by atoms with Crippen molar-refractivity contribution >= 4 is 54.8 Å². The van der Waals surface area contributed by atoms with Crippen molar-refractivity contribution in [2.75, 3.05) is 49.9 Å². The summed E-state index contributed by atoms with van der Waals surface area (Å²) in [7, 11) is -3.33. The third-order valence-electron chi connectivity index (χ3n) is 6.01. The van der Waals surface area contributed by atoms with Crippen molar-refractivity contribution in [3.63, 3.8) is 0 Å². The van der Waals surface area contributed by atoms with E-state index in [0.717, 1.165) is 43.4 Å². The Labute approximate surface area is 211 Å². The number of rotatable bonds is 7. The van der Waals surface area contributed by atoms with Crippen LogP contribution in [0.3, 0.4) is 0 Å². The second-order valence-electron chi connectivity index (χ2n) is 8.44. The van der Waals surface area contributed by atoms with Crippen LogP contribution in [0.15, 0.2) is 41.3 Å². The largest absolute Gasteiger partial charge is 0.351 e. The van der Waals surface area contributed by atoms with Crippen LogP contribution in [0.5, 0.6) is 0 Å². The molecule has 1 fully saturated rings. The van der Waals surface area contributed by atoms with E-state index >= 15 is 0 Å². The average molecular weight is 523 g/mol. The molecule has 0 spiro atoms. The summed E-state index contributed by atoms with van der Waals surface area (Å²) in [6, 6.07) is 10.6. The number of nitrogens with zero attached hydrogens (tertiary/aromatic N) is 3. The first-order chi connectivity index (χ1) is 15.8. The lowest BCUT2D eigenvalue weighted by Crippen LogP contribution is -2.48. The molecule has 184 valence electrons. The van der Waals surface area contributed by atoms with Crippen LogP contribution in [0.25, 0.3) is 10.2 Å². The summed E-state index contributed by atoms with van der Waals surface area (Å²) in [5.41, 5.74) is 3.96. The van der Waals surface area contributed by atoms with Gasteiger partial charge in [-0.1, -0.05) is 30.4 Å². The van der Waals surface area contributed by atoms with E-state index < -0.39 is 9.84 Å². The van der Waals surface area contributed by atoms with Gasteiger partial charge in [-0.25, -0.2) is 13.4 Å². The van der Waals surface area contributed by atoms with Gasteiger partial charge in [-0.2, -0.15) is 0 Å². The second-order valence-corrected chi connectivity index (χ2v) is 11.7. The van der Waals surface area contributed by atoms with E-state index in [2.05, 4.69) is 41.1 Å². The molecular weight excluding hydrogens is 492 g/mol. The number of hydrogen-bond acceptors (Lipinski definition) is 7. The lowest BCUT2D eigenvalue weighted by atomic mass is 10.1. The summed E-state index contributed by atoms with van der Waals surface area (Å²) in [6.45, 7) is 10.7. The number of nitrogens with one attached hydrogen (secondary N) is 1. The molecule has 0 aliphatic carbocycles. The van der Waals surface area contributed by atoms with Gasteiger partial charge in [-0.15, -0.1) is 12.4 Å². The topological polar surface area (TPSA) is 82.6 Å². The lowest BCUT2D eigenvalue weighted by Gasteiger charge is -2.34. The molecule has 0 saturated carbocycles. The average Bonchev–Trinajstić information content (AvgIpc) is 3.24. The molecule has 0 atom stereocenters. The van der Waals surface area contributed by atoms with Crippen LogP contribution in [0.1, 0.15) is 28.4 Å². The fourth-order valence-electron chi connectivity index (χ4n) is 4.08. The standard InChI is InChI=1S/C24H30N4O3S2.ClH/c1-4-33(30,31)20-7-5-6-19(16-20)23(29)25-8-9-27-10-12-28(13-11-27)24-26-22-18(3)14-17(2)15-21(22)32-24;/h5-7,14-16H,4,8-13H2,1-3H3,(H,25,29);1H. The fraction of sp³-hybridized carbons (Fsp3) is 0.417. The number of carbonyl (C=O) groups is 1. The predicted molar refractivity (Wildman–Crippen MR) is 141 cm³/mol. The minimum atomic E-state index is -3.33. The maximum atomic E-state index is 12.5. The van der Waals surface area contributed by atoms with Gasteiger partial charge in [0, 0.05) is 44.8 Å². The van der Waals surface area contributed by atoms with Crippen LogP contribution in [0.2, 0.25) is 0 Å². The number of aryl methyl sites for hydroxylation is 2. The number of benzene rings is 2. The molecule has 3 aromatic rings. The van der Waals surface area contributed by atoms with Crippen molar-refractivity contribution in [1.29, 1.82) is 0 Å². The normalized spacial score (nSPS) is 14.7. The number of sulfone groups is 1. The van der Waals surface area contributed by atoms with E-state index in [9.17, 15) is 13.2 Å². The summed E-state index contributed by atoms with van der Waals surface area (Å²) < 4.78 is 25.4. The first kappa shape index (κ1) is 26.4. The van der Waals surface area contributed by atoms with Crippen molar-refractivity contribution in [3.8, 4) is 0 Å². The van der Waals surface area contributed by atoms with Crippen molar-refractivity contribution in [1.82, 2.24) is 15.2 Å². The molecule has 4 rings (SSSR count). The Bertz CT molecular complexity index is 1270. The maximum absolute atomic E-state index is 12.5. The Morgan fingerprint density at radius 2 is 1.85 bits per heavy atom. The Hall–Kier alpha value is -2.20. The zero-order valence-corrected chi connectivity index (χ0v) is 22.2. The highest BCUT2D eigenvalue weighted by Crippen LogP contribution is 2.32. The van der Waals surface area contributed by atoms with Crippen LogP contribution in [-0.2, 0) is 9.84 Å². The monoisotopic (exact) mass is 522 g/mol. The highest BCUT2D eigenvalue weighted by molar-refractivity contribution is 7.91. The van der Waals surface area contributed by atoms with E-state index in [1.807, 2.05) is 0 Å². The number of aromatic nitrogens is 1. The van der Waals surface area contributed by atoms with Crippen LogP contribution in [0.4, 0.5) is 5.13 Å². The number of piperazine rings is 1. The lowest BCUT2D eigenvalue weighted by molar-refractivity contribution is 0.0947. The van der Waals surface area contributed by atoms with Gasteiger partial charge < -0.3 is 10.2 Å². The van der Waals surface area contributed by atoms with Crippen LogP contribution < -0.4 is 10.2 Å². The van der Waals surface area contributed by atoms with E-state index in [1.165, 1.54) is 28.0 Å². The first-order valence-electron chi connectivity index (χ1n) is 11.2. The molecule has 0 radical (unpaired) electrons. The Morgan fingerprint density at radius 3 is 2.56 bits per heavy atom. The summed E-state index contributed by atoms with van der Waals surface area (Å²) >= 11 is 1.75. The van der Waals surface area contributed by atoms with Gasteiger partial charge in [-0.3, -0.25) is 9.69 Å². The number of hydrogen-bond donors (Lipinski definition) is 1. The molecule has 1 saturated heterocycles. The predicted octanol–water partition coefficient (Wildman–Crippen LogP) is 3.68. The number of carbonyl (C=O) groups excluding carboxylic acids is 1. The molecule has 1 aliphatic heterocycles. The van der Waals surface area contributed by atoms with Gasteiger partial charge in [0.2, 0.25) is 0 Å². The van der Waals surface area contributed by atoms with E-state index in [4.69, 9.17) is 4.98 Å². The summed E-state index contributed by atoms with van der Waals surface area (Å²) in [6.07, 6.45) is 0. The number of thiazole rings is 1. The number of halogens is 1. The molecule has 10 heteroatoms. The van der Waals surface area contributed by atoms with Crippen molar-refractivity contribution in [2.24, 2.45) is 0 Å². The Kier molecular flexibility index (Phi) is 8.57. The summed E-state index contributed by atoms with van der Waals surface area (Å²) in [4.78, 5) is 22.2.